The van der Waals surface area contributed by atoms with Gasteiger partial charge in [-0.05, 0) is 37.3 Å². The van der Waals surface area contributed by atoms with Crippen molar-refractivity contribution in [3.8, 4) is 11.5 Å². The third-order valence-corrected chi connectivity index (χ3v) is 3.87. The molecule has 0 amide bonds. The van der Waals surface area contributed by atoms with Crippen LogP contribution in [0.2, 0.25) is 5.02 Å². The maximum atomic E-state index is 12.2. The molecule has 1 atom stereocenters. The van der Waals surface area contributed by atoms with Crippen LogP contribution >= 0.6 is 11.6 Å². The first-order valence-electron chi connectivity index (χ1n) is 7.69. The summed E-state index contributed by atoms with van der Waals surface area (Å²) in [6, 6.07) is 10.1. The lowest BCUT2D eigenvalue weighted by molar-refractivity contribution is -0.384. The summed E-state index contributed by atoms with van der Waals surface area (Å²) < 4.78 is 10.8. The number of carbonyl (C=O) groups is 1. The van der Waals surface area contributed by atoms with Gasteiger partial charge in [0, 0.05) is 28.4 Å². The van der Waals surface area contributed by atoms with Gasteiger partial charge in [0.15, 0.2) is 6.10 Å². The quantitative estimate of drug-likeness (QED) is 0.302. The summed E-state index contributed by atoms with van der Waals surface area (Å²) in [7, 11) is 0. The number of nitrogens with zero attached hydrogens (tertiary/aromatic N) is 3. The zero-order valence-electron chi connectivity index (χ0n) is 14.0. The highest BCUT2D eigenvalue weighted by Gasteiger charge is 2.21. The Bertz CT molecular complexity index is 1000. The molecule has 3 aromatic rings. The number of nitrogens with two attached hydrogens (primary N) is 1. The van der Waals surface area contributed by atoms with Crippen LogP contribution in [0.15, 0.2) is 46.9 Å². The second kappa shape index (κ2) is 7.42. The van der Waals surface area contributed by atoms with E-state index in [0.29, 0.717) is 10.6 Å². The highest BCUT2D eigenvalue weighted by Crippen LogP contribution is 2.26. The van der Waals surface area contributed by atoms with Crippen molar-refractivity contribution in [1.82, 2.24) is 10.2 Å². The van der Waals surface area contributed by atoms with Gasteiger partial charge >= 0.3 is 5.97 Å². The zero-order chi connectivity index (χ0) is 19.6. The number of anilines is 1. The largest absolute Gasteiger partial charge is 0.449 e. The van der Waals surface area contributed by atoms with Gasteiger partial charge < -0.3 is 14.9 Å². The standard InChI is InChI=1S/C17H13ClN4O5/c1-9(26-17(23)13-7-4-11(18)8-14(13)19)15-20-21-16(27-15)10-2-5-12(6-3-10)22(24)25/h2-9H,19H2,1H3/t9-/m1/s1. The maximum Gasteiger partial charge on any atom is 0.341 e. The van der Waals surface area contributed by atoms with Crippen LogP contribution in [0, 0.1) is 10.1 Å². The first-order valence-corrected chi connectivity index (χ1v) is 8.07. The Morgan fingerprint density at radius 3 is 2.59 bits per heavy atom. The van der Waals surface area contributed by atoms with Crippen LogP contribution in [0.5, 0.6) is 0 Å². The number of benzene rings is 2. The Labute approximate surface area is 157 Å². The van der Waals surface area contributed by atoms with E-state index in [9.17, 15) is 14.9 Å². The lowest BCUT2D eigenvalue weighted by Gasteiger charge is -2.10. The number of non-ortho nitro benzene ring substituents is 1. The summed E-state index contributed by atoms with van der Waals surface area (Å²) in [5, 5.41) is 18.8. The molecule has 10 heteroatoms. The third kappa shape index (κ3) is 4.04. The van der Waals surface area contributed by atoms with E-state index in [0.717, 1.165) is 0 Å². The summed E-state index contributed by atoms with van der Waals surface area (Å²) in [5.41, 5.74) is 6.57. The number of aromatic nitrogens is 2. The van der Waals surface area contributed by atoms with Gasteiger partial charge in [0.1, 0.15) is 0 Å². The second-order valence-corrected chi connectivity index (χ2v) is 5.96. The molecule has 0 saturated heterocycles. The lowest BCUT2D eigenvalue weighted by atomic mass is 10.2. The Morgan fingerprint density at radius 1 is 1.26 bits per heavy atom. The molecule has 1 aromatic heterocycles. The normalized spacial score (nSPS) is 11.8. The molecule has 0 radical (unpaired) electrons. The molecule has 2 aromatic carbocycles. The molecule has 0 aliphatic rings. The molecule has 0 aliphatic carbocycles. The summed E-state index contributed by atoms with van der Waals surface area (Å²) >= 11 is 5.81. The van der Waals surface area contributed by atoms with E-state index in [1.165, 1.54) is 42.5 Å². The second-order valence-electron chi connectivity index (χ2n) is 5.53. The van der Waals surface area contributed by atoms with E-state index in [-0.39, 0.29) is 28.7 Å². The highest BCUT2D eigenvalue weighted by atomic mass is 35.5. The van der Waals surface area contributed by atoms with Crippen LogP contribution in [-0.2, 0) is 4.74 Å². The molecule has 0 bridgehead atoms. The van der Waals surface area contributed by atoms with E-state index in [1.54, 1.807) is 6.92 Å². The highest BCUT2D eigenvalue weighted by molar-refractivity contribution is 6.31. The minimum atomic E-state index is -0.827. The number of nitro groups is 1. The van der Waals surface area contributed by atoms with Crippen molar-refractivity contribution in [2.45, 2.75) is 13.0 Å². The van der Waals surface area contributed by atoms with Crippen molar-refractivity contribution < 1.29 is 18.9 Å². The Balaban J connectivity index is 1.73. The topological polar surface area (TPSA) is 134 Å². The van der Waals surface area contributed by atoms with Gasteiger partial charge in [-0.1, -0.05) is 11.6 Å². The van der Waals surface area contributed by atoms with Crippen LogP contribution in [-0.4, -0.2) is 21.1 Å². The number of nitro benzene ring substituents is 1. The van der Waals surface area contributed by atoms with Crippen LogP contribution in [0.25, 0.3) is 11.5 Å². The van der Waals surface area contributed by atoms with Crippen molar-refractivity contribution in [3.63, 3.8) is 0 Å². The molecule has 0 unspecified atom stereocenters. The number of esters is 1. The van der Waals surface area contributed by atoms with Gasteiger partial charge in [-0.15, -0.1) is 10.2 Å². The average Bonchev–Trinajstić information content (AvgIpc) is 3.12. The van der Waals surface area contributed by atoms with Crippen LogP contribution in [0.4, 0.5) is 11.4 Å². The number of hydrogen-bond donors (Lipinski definition) is 1. The van der Waals surface area contributed by atoms with Gasteiger partial charge in [0.2, 0.25) is 5.89 Å². The number of nitrogen functional groups attached to an aromatic ring is 1. The van der Waals surface area contributed by atoms with E-state index in [2.05, 4.69) is 10.2 Å². The van der Waals surface area contributed by atoms with Gasteiger partial charge in [-0.3, -0.25) is 10.1 Å². The Morgan fingerprint density at radius 2 is 1.96 bits per heavy atom. The summed E-state index contributed by atoms with van der Waals surface area (Å²) in [6.07, 6.45) is -0.827. The molecule has 0 fully saturated rings. The third-order valence-electron chi connectivity index (χ3n) is 3.63. The predicted molar refractivity (Wildman–Crippen MR) is 96.1 cm³/mol. The summed E-state index contributed by atoms with van der Waals surface area (Å²) in [6.45, 7) is 1.57. The fourth-order valence-electron chi connectivity index (χ4n) is 2.24. The summed E-state index contributed by atoms with van der Waals surface area (Å²) in [5.74, 6) is -0.440. The number of rotatable bonds is 5. The maximum absolute atomic E-state index is 12.2. The molecule has 2 N–H and O–H groups in total. The number of hydrogen-bond acceptors (Lipinski definition) is 8. The van der Waals surface area contributed by atoms with Crippen LogP contribution in [0.1, 0.15) is 29.3 Å². The molecule has 0 spiro atoms. The van der Waals surface area contributed by atoms with Gasteiger partial charge in [0.25, 0.3) is 11.6 Å². The van der Waals surface area contributed by atoms with E-state index in [1.807, 2.05) is 0 Å². The van der Waals surface area contributed by atoms with Crippen molar-refractivity contribution in [3.05, 3.63) is 69.1 Å². The molecule has 0 aliphatic heterocycles. The zero-order valence-corrected chi connectivity index (χ0v) is 14.7. The molecule has 138 valence electrons. The smallest absolute Gasteiger partial charge is 0.341 e. The van der Waals surface area contributed by atoms with Crippen molar-refractivity contribution in [2.75, 3.05) is 5.73 Å². The fourth-order valence-corrected chi connectivity index (χ4v) is 2.42. The van der Waals surface area contributed by atoms with E-state index < -0.39 is 17.0 Å². The fraction of sp³-hybridized carbons (Fsp3) is 0.118. The number of halogens is 1. The van der Waals surface area contributed by atoms with Gasteiger partial charge in [-0.25, -0.2) is 4.79 Å². The minimum Gasteiger partial charge on any atom is -0.449 e. The van der Waals surface area contributed by atoms with E-state index in [4.69, 9.17) is 26.5 Å². The monoisotopic (exact) mass is 388 g/mol. The SMILES string of the molecule is C[C@@H](OC(=O)c1ccc(Cl)cc1N)c1nnc(-c2ccc([N+](=O)[O-])cc2)o1. The lowest BCUT2D eigenvalue weighted by Crippen LogP contribution is -2.11. The Hall–Kier alpha value is -3.46. The summed E-state index contributed by atoms with van der Waals surface area (Å²) in [4.78, 5) is 22.4. The van der Waals surface area contributed by atoms with Crippen molar-refractivity contribution in [2.24, 2.45) is 0 Å². The van der Waals surface area contributed by atoms with Crippen molar-refractivity contribution in [1.29, 1.82) is 0 Å². The Kier molecular flexibility index (Phi) is 5.04. The molecule has 1 heterocycles. The first kappa shape index (κ1) is 18.3. The molecule has 0 saturated carbocycles. The number of ether oxygens (including phenoxy) is 1. The van der Waals surface area contributed by atoms with Crippen LogP contribution < -0.4 is 5.73 Å². The molecule has 27 heavy (non-hydrogen) atoms. The molecular formula is C17H13ClN4O5. The number of carbonyl (C=O) groups excluding carboxylic acids is 1. The van der Waals surface area contributed by atoms with E-state index >= 15 is 0 Å². The molecular weight excluding hydrogens is 376 g/mol. The minimum absolute atomic E-state index is 0.0543. The molecule has 9 nitrogen and oxygen atoms in total. The first-order chi connectivity index (χ1) is 12.8. The van der Waals surface area contributed by atoms with Crippen molar-refractivity contribution >= 4 is 28.9 Å². The van der Waals surface area contributed by atoms with Gasteiger partial charge in [0.05, 0.1) is 10.5 Å². The van der Waals surface area contributed by atoms with Crippen LogP contribution in [0.3, 0.4) is 0 Å². The predicted octanol–water partition coefficient (Wildman–Crippen LogP) is 3.80. The van der Waals surface area contributed by atoms with Gasteiger partial charge in [-0.2, -0.15) is 0 Å². The molecule has 3 rings (SSSR count). The average molecular weight is 389 g/mol.